The van der Waals surface area contributed by atoms with E-state index in [0.717, 1.165) is 5.56 Å². The van der Waals surface area contributed by atoms with E-state index >= 15 is 0 Å². The van der Waals surface area contributed by atoms with Crippen LogP contribution in [0.3, 0.4) is 0 Å². The molecule has 1 aliphatic rings. The van der Waals surface area contributed by atoms with E-state index in [2.05, 4.69) is 15.2 Å². The fourth-order valence-electron chi connectivity index (χ4n) is 2.70. The molecular formula is C19H21N3O4S2. The third kappa shape index (κ3) is 4.92. The van der Waals surface area contributed by atoms with Crippen LogP contribution in [0.5, 0.6) is 0 Å². The summed E-state index contributed by atoms with van der Waals surface area (Å²) in [6, 6.07) is 15.2. The van der Waals surface area contributed by atoms with E-state index in [1.807, 2.05) is 36.6 Å². The Hall–Kier alpha value is -2.36. The highest BCUT2D eigenvalue weighted by atomic mass is 32.2. The molecule has 0 bridgehead atoms. The zero-order chi connectivity index (χ0) is 20.0. The van der Waals surface area contributed by atoms with Gasteiger partial charge in [-0.05, 0) is 36.1 Å². The summed E-state index contributed by atoms with van der Waals surface area (Å²) < 4.78 is 26.9. The van der Waals surface area contributed by atoms with Crippen LogP contribution in [-0.2, 0) is 26.3 Å². The van der Waals surface area contributed by atoms with Gasteiger partial charge in [0.15, 0.2) is 0 Å². The van der Waals surface area contributed by atoms with Gasteiger partial charge in [0.05, 0.1) is 11.5 Å². The quantitative estimate of drug-likeness (QED) is 0.639. The van der Waals surface area contributed by atoms with Gasteiger partial charge in [0.25, 0.3) is 15.9 Å². The average Bonchev–Trinajstić information content (AvgIpc) is 2.96. The first-order valence-electron chi connectivity index (χ1n) is 8.66. The van der Waals surface area contributed by atoms with E-state index in [-0.39, 0.29) is 17.3 Å². The highest BCUT2D eigenvalue weighted by molar-refractivity contribution is 7.98. The zero-order valence-corrected chi connectivity index (χ0v) is 16.9. The Morgan fingerprint density at radius 2 is 1.89 bits per heavy atom. The molecular weight excluding hydrogens is 398 g/mol. The summed E-state index contributed by atoms with van der Waals surface area (Å²) in [5.74, 6) is 0.461. The first-order chi connectivity index (χ1) is 13.5. The molecule has 0 unspecified atom stereocenters. The Balaban J connectivity index is 1.73. The fourth-order valence-corrected chi connectivity index (χ4v) is 4.40. The van der Waals surface area contributed by atoms with Gasteiger partial charge in [-0.2, -0.15) is 11.8 Å². The van der Waals surface area contributed by atoms with Crippen molar-refractivity contribution in [3.8, 4) is 0 Å². The van der Waals surface area contributed by atoms with Crippen LogP contribution >= 0.6 is 11.8 Å². The number of hydrogen-bond donors (Lipinski definition) is 2. The summed E-state index contributed by atoms with van der Waals surface area (Å²) in [4.78, 5) is 22.4. The second kappa shape index (κ2) is 9.22. The predicted octanol–water partition coefficient (Wildman–Crippen LogP) is 2.09. The van der Waals surface area contributed by atoms with Crippen molar-refractivity contribution in [3.05, 3.63) is 65.7 Å². The van der Waals surface area contributed by atoms with Crippen LogP contribution in [0.4, 0.5) is 0 Å². The molecule has 1 aliphatic heterocycles. The third-order valence-electron chi connectivity index (χ3n) is 4.10. The number of hydrogen-bond acceptors (Lipinski definition) is 6. The van der Waals surface area contributed by atoms with Crippen LogP contribution in [0.25, 0.3) is 0 Å². The molecule has 1 atom stereocenters. The van der Waals surface area contributed by atoms with Crippen molar-refractivity contribution in [2.24, 2.45) is 4.99 Å². The van der Waals surface area contributed by atoms with Crippen LogP contribution in [-0.4, -0.2) is 38.2 Å². The fraction of sp³-hybridized carbons (Fsp3) is 0.263. The number of sulfonamides is 1. The molecule has 1 heterocycles. The lowest BCUT2D eigenvalue weighted by molar-refractivity contribution is -0.135. The molecule has 0 saturated carbocycles. The topological polar surface area (TPSA) is 96.9 Å². The van der Waals surface area contributed by atoms with Crippen molar-refractivity contribution in [2.75, 3.05) is 12.0 Å². The highest BCUT2D eigenvalue weighted by Gasteiger charge is 2.31. The van der Waals surface area contributed by atoms with Gasteiger partial charge in [-0.15, -0.1) is 0 Å². The van der Waals surface area contributed by atoms with Gasteiger partial charge in [0, 0.05) is 5.56 Å². The molecule has 2 N–H and O–H groups in total. The van der Waals surface area contributed by atoms with Crippen LogP contribution in [0.1, 0.15) is 17.5 Å². The molecule has 28 heavy (non-hydrogen) atoms. The first kappa shape index (κ1) is 20.4. The molecule has 7 nitrogen and oxygen atoms in total. The molecule has 0 aliphatic carbocycles. The molecule has 9 heteroatoms. The maximum Gasteiger partial charge on any atom is 0.268 e. The SMILES string of the molecule is CSCC[C@@H](N=C1NS(=O)(=O)c2ccccc21)C(=O)NOCc1ccccc1. The lowest BCUT2D eigenvalue weighted by Crippen LogP contribution is -2.36. The molecule has 2 aromatic carbocycles. The summed E-state index contributed by atoms with van der Waals surface area (Å²) in [6.45, 7) is 0.230. The van der Waals surface area contributed by atoms with Crippen molar-refractivity contribution in [3.63, 3.8) is 0 Å². The van der Waals surface area contributed by atoms with E-state index in [4.69, 9.17) is 4.84 Å². The minimum Gasteiger partial charge on any atom is -0.270 e. The number of carbonyl (C=O) groups is 1. The number of benzene rings is 2. The minimum atomic E-state index is -3.65. The molecule has 2 aromatic rings. The zero-order valence-electron chi connectivity index (χ0n) is 15.3. The highest BCUT2D eigenvalue weighted by Crippen LogP contribution is 2.23. The lowest BCUT2D eigenvalue weighted by atomic mass is 10.2. The number of thioether (sulfide) groups is 1. The normalized spacial score (nSPS) is 17.0. The monoisotopic (exact) mass is 419 g/mol. The molecule has 3 rings (SSSR count). The summed E-state index contributed by atoms with van der Waals surface area (Å²) >= 11 is 1.58. The maximum atomic E-state index is 12.6. The largest absolute Gasteiger partial charge is 0.270 e. The Morgan fingerprint density at radius 3 is 2.64 bits per heavy atom. The van der Waals surface area contributed by atoms with E-state index in [9.17, 15) is 13.2 Å². The number of nitrogens with one attached hydrogen (secondary N) is 2. The first-order valence-corrected chi connectivity index (χ1v) is 11.5. The van der Waals surface area contributed by atoms with Gasteiger partial charge in [0.2, 0.25) is 0 Å². The third-order valence-corrected chi connectivity index (χ3v) is 6.14. The van der Waals surface area contributed by atoms with Crippen molar-refractivity contribution < 1.29 is 18.0 Å². The van der Waals surface area contributed by atoms with E-state index in [1.165, 1.54) is 6.07 Å². The summed E-state index contributed by atoms with van der Waals surface area (Å²) in [5.41, 5.74) is 3.82. The second-order valence-electron chi connectivity index (χ2n) is 6.12. The number of fused-ring (bicyclic) bond motifs is 1. The van der Waals surface area contributed by atoms with Crippen molar-refractivity contribution in [1.29, 1.82) is 0 Å². The van der Waals surface area contributed by atoms with E-state index < -0.39 is 22.0 Å². The van der Waals surface area contributed by atoms with Crippen LogP contribution < -0.4 is 10.2 Å². The molecule has 1 amide bonds. The number of amidine groups is 1. The van der Waals surface area contributed by atoms with E-state index in [1.54, 1.807) is 30.0 Å². The Bertz CT molecular complexity index is 962. The summed E-state index contributed by atoms with van der Waals surface area (Å²) in [7, 11) is -3.65. The van der Waals surface area contributed by atoms with Gasteiger partial charge < -0.3 is 0 Å². The number of nitrogens with zero attached hydrogens (tertiary/aromatic N) is 1. The number of aliphatic imine (C=N–C) groups is 1. The van der Waals surface area contributed by atoms with Crippen LogP contribution in [0, 0.1) is 0 Å². The average molecular weight is 420 g/mol. The van der Waals surface area contributed by atoms with Gasteiger partial charge in [0.1, 0.15) is 11.9 Å². The van der Waals surface area contributed by atoms with Gasteiger partial charge in [-0.1, -0.05) is 42.5 Å². The van der Waals surface area contributed by atoms with Crippen molar-refractivity contribution >= 4 is 33.5 Å². The van der Waals surface area contributed by atoms with Gasteiger partial charge >= 0.3 is 0 Å². The lowest BCUT2D eigenvalue weighted by Gasteiger charge is -2.13. The molecule has 0 saturated heterocycles. The second-order valence-corrected chi connectivity index (χ2v) is 8.75. The minimum absolute atomic E-state index is 0.165. The van der Waals surface area contributed by atoms with Gasteiger partial charge in [-0.25, -0.2) is 13.9 Å². The maximum absolute atomic E-state index is 12.6. The van der Waals surface area contributed by atoms with Crippen molar-refractivity contribution in [1.82, 2.24) is 10.2 Å². The van der Waals surface area contributed by atoms with E-state index in [0.29, 0.717) is 17.7 Å². The molecule has 0 aromatic heterocycles. The van der Waals surface area contributed by atoms with Gasteiger partial charge in [-0.3, -0.25) is 19.3 Å². The Labute approximate surface area is 168 Å². The number of rotatable bonds is 8. The van der Waals surface area contributed by atoms with Crippen molar-refractivity contribution in [2.45, 2.75) is 24.0 Å². The molecule has 0 fully saturated rings. The van der Waals surface area contributed by atoms with Crippen LogP contribution in [0.2, 0.25) is 0 Å². The predicted molar refractivity (Wildman–Crippen MR) is 109 cm³/mol. The number of amides is 1. The Kier molecular flexibility index (Phi) is 6.71. The summed E-state index contributed by atoms with van der Waals surface area (Å²) in [5, 5.41) is 0. The smallest absolute Gasteiger partial charge is 0.268 e. The summed E-state index contributed by atoms with van der Waals surface area (Å²) in [6.07, 6.45) is 2.39. The standard InChI is InChI=1S/C19H21N3O4S2/c1-27-12-11-16(19(23)21-26-13-14-7-3-2-4-8-14)20-18-15-9-5-6-10-17(15)28(24,25)22-18/h2-10,16H,11-13H2,1H3,(H,20,22)(H,21,23)/t16-/m1/s1. The Morgan fingerprint density at radius 1 is 1.18 bits per heavy atom. The van der Waals surface area contributed by atoms with Crippen LogP contribution in [0.15, 0.2) is 64.5 Å². The molecule has 0 spiro atoms. The number of carbonyl (C=O) groups excluding carboxylic acids is 1. The molecule has 148 valence electrons. The number of hydroxylamine groups is 1. The molecule has 0 radical (unpaired) electrons.